The second-order valence-electron chi connectivity index (χ2n) is 6.80. The molecule has 0 unspecified atom stereocenters. The van der Waals surface area contributed by atoms with Gasteiger partial charge >= 0.3 is 0 Å². The summed E-state index contributed by atoms with van der Waals surface area (Å²) in [6.07, 6.45) is 3.42. The maximum absolute atomic E-state index is 12.6. The molecule has 1 N–H and O–H groups in total. The van der Waals surface area contributed by atoms with Crippen molar-refractivity contribution in [2.45, 2.75) is 33.2 Å². The molecule has 0 radical (unpaired) electrons. The molecule has 0 saturated carbocycles. The quantitative estimate of drug-likeness (QED) is 0.577. The van der Waals surface area contributed by atoms with Gasteiger partial charge in [-0.05, 0) is 30.9 Å². The number of nitrogens with one attached hydrogen (secondary N) is 1. The Hall–Kier alpha value is -2.69. The molecule has 3 aromatic rings. The number of hydrogen-bond donors (Lipinski definition) is 1. The first-order valence-corrected chi connectivity index (χ1v) is 9.18. The molecular formula is C21H26N2O3. The number of furan rings is 1. The topological polar surface area (TPSA) is 56.4 Å². The van der Waals surface area contributed by atoms with Gasteiger partial charge in [0.05, 0.1) is 18.4 Å². The summed E-state index contributed by atoms with van der Waals surface area (Å²) in [4.78, 5) is 12.6. The van der Waals surface area contributed by atoms with E-state index in [0.717, 1.165) is 29.7 Å². The summed E-state index contributed by atoms with van der Waals surface area (Å²) in [5.41, 5.74) is 2.32. The van der Waals surface area contributed by atoms with E-state index in [1.165, 1.54) is 0 Å². The van der Waals surface area contributed by atoms with E-state index in [2.05, 4.69) is 19.2 Å². The van der Waals surface area contributed by atoms with Crippen LogP contribution >= 0.6 is 0 Å². The molecule has 1 aromatic carbocycles. The molecule has 2 aromatic heterocycles. The van der Waals surface area contributed by atoms with Crippen molar-refractivity contribution in [1.82, 2.24) is 9.88 Å². The van der Waals surface area contributed by atoms with Crippen molar-refractivity contribution < 1.29 is 13.9 Å². The maximum atomic E-state index is 12.6. The van der Waals surface area contributed by atoms with Crippen LogP contribution in [0.5, 0.6) is 5.75 Å². The Kier molecular flexibility index (Phi) is 6.00. The molecule has 3 rings (SSSR count). The van der Waals surface area contributed by atoms with Crippen molar-refractivity contribution in [3.8, 4) is 5.75 Å². The Morgan fingerprint density at radius 3 is 2.81 bits per heavy atom. The molecule has 0 aliphatic carbocycles. The summed E-state index contributed by atoms with van der Waals surface area (Å²) < 4.78 is 13.2. The van der Waals surface area contributed by atoms with Crippen molar-refractivity contribution in [3.63, 3.8) is 0 Å². The van der Waals surface area contributed by atoms with Gasteiger partial charge in [-0.1, -0.05) is 32.0 Å². The van der Waals surface area contributed by atoms with Crippen LogP contribution in [0.3, 0.4) is 0 Å². The smallest absolute Gasteiger partial charge is 0.268 e. The van der Waals surface area contributed by atoms with Crippen molar-refractivity contribution in [2.75, 3.05) is 13.2 Å². The predicted octanol–water partition coefficient (Wildman–Crippen LogP) is 4.48. The fourth-order valence-corrected chi connectivity index (χ4v) is 2.90. The van der Waals surface area contributed by atoms with E-state index in [1.807, 2.05) is 47.0 Å². The zero-order chi connectivity index (χ0) is 18.4. The van der Waals surface area contributed by atoms with Crippen LogP contribution in [0.2, 0.25) is 0 Å². The molecule has 138 valence electrons. The average Bonchev–Trinajstić information content (AvgIpc) is 3.21. The van der Waals surface area contributed by atoms with Crippen molar-refractivity contribution in [2.24, 2.45) is 5.92 Å². The number of benzene rings is 1. The van der Waals surface area contributed by atoms with E-state index < -0.39 is 0 Å². The number of aromatic nitrogens is 1. The van der Waals surface area contributed by atoms with E-state index in [9.17, 15) is 4.79 Å². The third kappa shape index (κ3) is 4.48. The van der Waals surface area contributed by atoms with Gasteiger partial charge in [0.1, 0.15) is 11.4 Å². The summed E-state index contributed by atoms with van der Waals surface area (Å²) in [6, 6.07) is 13.5. The van der Waals surface area contributed by atoms with Gasteiger partial charge in [0, 0.05) is 25.2 Å². The number of para-hydroxylation sites is 1. The van der Waals surface area contributed by atoms with E-state index in [-0.39, 0.29) is 5.91 Å². The summed E-state index contributed by atoms with van der Waals surface area (Å²) in [6.45, 7) is 6.27. The standard InChI is InChI=1S/C21H26N2O3/c1-16(2)9-11-22-21(24)19-15-20-18(10-14-26-20)23(19)12-6-13-25-17-7-4-3-5-8-17/h3-5,7-8,10,14-16H,6,9,11-13H2,1-2H3,(H,22,24). The monoisotopic (exact) mass is 354 g/mol. The largest absolute Gasteiger partial charge is 0.494 e. The first-order valence-electron chi connectivity index (χ1n) is 9.18. The van der Waals surface area contributed by atoms with E-state index in [4.69, 9.17) is 9.15 Å². The summed E-state index contributed by atoms with van der Waals surface area (Å²) in [5.74, 6) is 1.37. The number of hydrogen-bond acceptors (Lipinski definition) is 3. The van der Waals surface area contributed by atoms with Crippen LogP contribution in [-0.4, -0.2) is 23.6 Å². The van der Waals surface area contributed by atoms with Crippen LogP contribution in [0.4, 0.5) is 0 Å². The minimum Gasteiger partial charge on any atom is -0.494 e. The molecule has 0 fully saturated rings. The average molecular weight is 354 g/mol. The number of nitrogens with zero attached hydrogens (tertiary/aromatic N) is 1. The third-order valence-electron chi connectivity index (χ3n) is 4.30. The van der Waals surface area contributed by atoms with Crippen LogP contribution in [0.1, 0.15) is 37.2 Å². The zero-order valence-corrected chi connectivity index (χ0v) is 15.4. The molecule has 1 amide bonds. The van der Waals surface area contributed by atoms with Gasteiger partial charge in [-0.2, -0.15) is 0 Å². The minimum absolute atomic E-state index is 0.0546. The molecular weight excluding hydrogens is 328 g/mol. The van der Waals surface area contributed by atoms with Crippen molar-refractivity contribution in [3.05, 3.63) is 54.4 Å². The van der Waals surface area contributed by atoms with Crippen molar-refractivity contribution in [1.29, 1.82) is 0 Å². The summed E-state index contributed by atoms with van der Waals surface area (Å²) in [5, 5.41) is 3.01. The Morgan fingerprint density at radius 2 is 2.04 bits per heavy atom. The maximum Gasteiger partial charge on any atom is 0.268 e. The fourth-order valence-electron chi connectivity index (χ4n) is 2.90. The summed E-state index contributed by atoms with van der Waals surface area (Å²) >= 11 is 0. The highest BCUT2D eigenvalue weighted by atomic mass is 16.5. The van der Waals surface area contributed by atoms with Gasteiger partial charge in [-0.3, -0.25) is 4.79 Å². The second kappa shape index (κ2) is 8.61. The normalized spacial score (nSPS) is 11.2. The molecule has 2 heterocycles. The highest BCUT2D eigenvalue weighted by Gasteiger charge is 2.17. The minimum atomic E-state index is -0.0546. The third-order valence-corrected chi connectivity index (χ3v) is 4.30. The van der Waals surface area contributed by atoms with E-state index in [0.29, 0.717) is 31.3 Å². The van der Waals surface area contributed by atoms with Gasteiger partial charge in [0.2, 0.25) is 0 Å². The van der Waals surface area contributed by atoms with Gasteiger partial charge in [-0.25, -0.2) is 0 Å². The number of carbonyl (C=O) groups is 1. The lowest BCUT2D eigenvalue weighted by Crippen LogP contribution is -2.27. The number of ether oxygens (including phenoxy) is 1. The van der Waals surface area contributed by atoms with Gasteiger partial charge < -0.3 is 19.0 Å². The van der Waals surface area contributed by atoms with Crippen LogP contribution in [-0.2, 0) is 6.54 Å². The van der Waals surface area contributed by atoms with Crippen LogP contribution in [0, 0.1) is 5.92 Å². The molecule has 5 heteroatoms. The fraction of sp³-hybridized carbons (Fsp3) is 0.381. The Balaban J connectivity index is 1.62. The van der Waals surface area contributed by atoms with Gasteiger partial charge in [0.25, 0.3) is 5.91 Å². The molecule has 0 atom stereocenters. The lowest BCUT2D eigenvalue weighted by Gasteiger charge is -2.12. The van der Waals surface area contributed by atoms with Gasteiger partial charge in [-0.15, -0.1) is 0 Å². The van der Waals surface area contributed by atoms with Crippen molar-refractivity contribution >= 4 is 17.0 Å². The lowest BCUT2D eigenvalue weighted by molar-refractivity contribution is 0.0942. The van der Waals surface area contributed by atoms with E-state index >= 15 is 0 Å². The molecule has 26 heavy (non-hydrogen) atoms. The molecule has 0 aliphatic rings. The van der Waals surface area contributed by atoms with Crippen LogP contribution in [0.15, 0.2) is 53.1 Å². The molecule has 0 aliphatic heterocycles. The highest BCUT2D eigenvalue weighted by Crippen LogP contribution is 2.22. The summed E-state index contributed by atoms with van der Waals surface area (Å²) in [7, 11) is 0. The molecule has 0 saturated heterocycles. The molecule has 0 spiro atoms. The number of fused-ring (bicyclic) bond motifs is 1. The first-order chi connectivity index (χ1) is 12.6. The van der Waals surface area contributed by atoms with Crippen LogP contribution in [0.25, 0.3) is 11.1 Å². The number of aryl methyl sites for hydroxylation is 1. The van der Waals surface area contributed by atoms with Crippen LogP contribution < -0.4 is 10.1 Å². The number of carbonyl (C=O) groups excluding carboxylic acids is 1. The number of amides is 1. The first kappa shape index (κ1) is 18.1. The lowest BCUT2D eigenvalue weighted by atomic mass is 10.1. The second-order valence-corrected chi connectivity index (χ2v) is 6.80. The van der Waals surface area contributed by atoms with E-state index in [1.54, 1.807) is 6.26 Å². The van der Waals surface area contributed by atoms with Gasteiger partial charge in [0.15, 0.2) is 5.58 Å². The number of rotatable bonds is 9. The Bertz CT molecular complexity index is 833. The Labute approximate surface area is 153 Å². The highest BCUT2D eigenvalue weighted by molar-refractivity contribution is 5.97. The molecule has 5 nitrogen and oxygen atoms in total. The Morgan fingerprint density at radius 1 is 1.23 bits per heavy atom. The zero-order valence-electron chi connectivity index (χ0n) is 15.4. The predicted molar refractivity (Wildman–Crippen MR) is 103 cm³/mol. The SMILES string of the molecule is CC(C)CCNC(=O)c1cc2occc2n1CCCOc1ccccc1. The molecule has 0 bridgehead atoms.